The SMILES string of the molecule is CCC(C)CC(NC)c1coc2ccccc12. The highest BCUT2D eigenvalue weighted by molar-refractivity contribution is 5.81. The fourth-order valence-electron chi connectivity index (χ4n) is 2.24. The molecular formula is C15H21NO. The van der Waals surface area contributed by atoms with Crippen LogP contribution in [0.4, 0.5) is 0 Å². The molecule has 17 heavy (non-hydrogen) atoms. The zero-order valence-electron chi connectivity index (χ0n) is 10.9. The summed E-state index contributed by atoms with van der Waals surface area (Å²) < 4.78 is 5.61. The monoisotopic (exact) mass is 231 g/mol. The summed E-state index contributed by atoms with van der Waals surface area (Å²) in [6, 6.07) is 8.62. The van der Waals surface area contributed by atoms with E-state index in [1.165, 1.54) is 17.4 Å². The first-order chi connectivity index (χ1) is 8.26. The molecular weight excluding hydrogens is 210 g/mol. The second-order valence-corrected chi connectivity index (χ2v) is 4.78. The zero-order chi connectivity index (χ0) is 12.3. The van der Waals surface area contributed by atoms with E-state index in [1.54, 1.807) is 0 Å². The number of nitrogens with one attached hydrogen (secondary N) is 1. The highest BCUT2D eigenvalue weighted by atomic mass is 16.3. The number of hydrogen-bond donors (Lipinski definition) is 1. The van der Waals surface area contributed by atoms with Crippen LogP contribution >= 0.6 is 0 Å². The molecule has 0 aliphatic rings. The van der Waals surface area contributed by atoms with E-state index in [0.717, 1.165) is 17.9 Å². The Morgan fingerprint density at radius 3 is 2.76 bits per heavy atom. The van der Waals surface area contributed by atoms with E-state index in [0.29, 0.717) is 6.04 Å². The molecule has 2 rings (SSSR count). The van der Waals surface area contributed by atoms with Crippen LogP contribution in [0.3, 0.4) is 0 Å². The van der Waals surface area contributed by atoms with Crippen LogP contribution in [0.5, 0.6) is 0 Å². The summed E-state index contributed by atoms with van der Waals surface area (Å²) in [4.78, 5) is 0. The van der Waals surface area contributed by atoms with E-state index in [2.05, 4.69) is 31.3 Å². The minimum absolute atomic E-state index is 0.383. The molecule has 0 aliphatic heterocycles. The van der Waals surface area contributed by atoms with Crippen molar-refractivity contribution in [3.8, 4) is 0 Å². The first kappa shape index (κ1) is 12.2. The van der Waals surface area contributed by atoms with Crippen molar-refractivity contribution in [1.82, 2.24) is 5.32 Å². The number of rotatable bonds is 5. The first-order valence-corrected chi connectivity index (χ1v) is 6.39. The Morgan fingerprint density at radius 1 is 1.29 bits per heavy atom. The van der Waals surface area contributed by atoms with Gasteiger partial charge in [0, 0.05) is 17.0 Å². The molecule has 0 saturated carbocycles. The quantitative estimate of drug-likeness (QED) is 0.837. The van der Waals surface area contributed by atoms with Crippen LogP contribution in [0.15, 0.2) is 34.9 Å². The van der Waals surface area contributed by atoms with Gasteiger partial charge in [-0.3, -0.25) is 0 Å². The molecule has 0 saturated heterocycles. The van der Waals surface area contributed by atoms with Gasteiger partial charge in [-0.05, 0) is 25.5 Å². The van der Waals surface area contributed by atoms with E-state index in [4.69, 9.17) is 4.42 Å². The first-order valence-electron chi connectivity index (χ1n) is 6.39. The maximum atomic E-state index is 5.61. The van der Waals surface area contributed by atoms with E-state index in [-0.39, 0.29) is 0 Å². The molecule has 1 aromatic heterocycles. The Kier molecular flexibility index (Phi) is 3.85. The lowest BCUT2D eigenvalue weighted by molar-refractivity contribution is 0.420. The molecule has 0 fully saturated rings. The minimum atomic E-state index is 0.383. The third-order valence-electron chi connectivity index (χ3n) is 3.57. The second-order valence-electron chi connectivity index (χ2n) is 4.78. The lowest BCUT2D eigenvalue weighted by atomic mass is 9.94. The van der Waals surface area contributed by atoms with Crippen molar-refractivity contribution < 1.29 is 4.42 Å². The second kappa shape index (κ2) is 5.37. The average Bonchev–Trinajstić information content (AvgIpc) is 2.79. The number of hydrogen-bond acceptors (Lipinski definition) is 2. The van der Waals surface area contributed by atoms with Crippen LogP contribution < -0.4 is 5.32 Å². The molecule has 2 nitrogen and oxygen atoms in total. The molecule has 0 spiro atoms. The maximum Gasteiger partial charge on any atom is 0.134 e. The third-order valence-corrected chi connectivity index (χ3v) is 3.57. The van der Waals surface area contributed by atoms with Gasteiger partial charge < -0.3 is 9.73 Å². The molecule has 92 valence electrons. The van der Waals surface area contributed by atoms with Crippen molar-refractivity contribution >= 4 is 11.0 Å². The predicted molar refractivity (Wildman–Crippen MR) is 72.1 cm³/mol. The van der Waals surface area contributed by atoms with E-state index >= 15 is 0 Å². The van der Waals surface area contributed by atoms with Crippen LogP contribution in [-0.4, -0.2) is 7.05 Å². The van der Waals surface area contributed by atoms with Gasteiger partial charge in [0.15, 0.2) is 0 Å². The van der Waals surface area contributed by atoms with Gasteiger partial charge in [0.2, 0.25) is 0 Å². The molecule has 1 aromatic carbocycles. The Morgan fingerprint density at radius 2 is 2.06 bits per heavy atom. The van der Waals surface area contributed by atoms with Gasteiger partial charge in [-0.1, -0.05) is 38.5 Å². The zero-order valence-corrected chi connectivity index (χ0v) is 10.9. The summed E-state index contributed by atoms with van der Waals surface area (Å²) in [6.07, 6.45) is 4.26. The van der Waals surface area contributed by atoms with Crippen molar-refractivity contribution in [1.29, 1.82) is 0 Å². The van der Waals surface area contributed by atoms with Gasteiger partial charge >= 0.3 is 0 Å². The number of furan rings is 1. The van der Waals surface area contributed by atoms with Gasteiger partial charge in [-0.2, -0.15) is 0 Å². The van der Waals surface area contributed by atoms with Crippen molar-refractivity contribution in [2.75, 3.05) is 7.05 Å². The largest absolute Gasteiger partial charge is 0.464 e. The fourth-order valence-corrected chi connectivity index (χ4v) is 2.24. The maximum absolute atomic E-state index is 5.61. The standard InChI is InChI=1S/C15H21NO/c1-4-11(2)9-14(16-3)13-10-17-15-8-6-5-7-12(13)15/h5-8,10-11,14,16H,4,9H2,1-3H3. The van der Waals surface area contributed by atoms with Gasteiger partial charge in [0.1, 0.15) is 5.58 Å². The van der Waals surface area contributed by atoms with Crippen LogP contribution in [0.1, 0.15) is 38.3 Å². The van der Waals surface area contributed by atoms with Crippen molar-refractivity contribution in [3.63, 3.8) is 0 Å². The summed E-state index contributed by atoms with van der Waals surface area (Å²) in [7, 11) is 2.02. The summed E-state index contributed by atoms with van der Waals surface area (Å²) in [5, 5.41) is 4.63. The molecule has 0 aliphatic carbocycles. The van der Waals surface area contributed by atoms with E-state index in [9.17, 15) is 0 Å². The molecule has 0 amide bonds. The lowest BCUT2D eigenvalue weighted by Gasteiger charge is -2.18. The predicted octanol–water partition coefficient (Wildman–Crippen LogP) is 4.13. The highest BCUT2D eigenvalue weighted by Crippen LogP contribution is 2.30. The summed E-state index contributed by atoms with van der Waals surface area (Å²) in [6.45, 7) is 4.54. The van der Waals surface area contributed by atoms with Crippen molar-refractivity contribution in [2.45, 2.75) is 32.7 Å². The van der Waals surface area contributed by atoms with Gasteiger partial charge in [0.25, 0.3) is 0 Å². The van der Waals surface area contributed by atoms with Crippen LogP contribution in [0, 0.1) is 5.92 Å². The topological polar surface area (TPSA) is 25.2 Å². The van der Waals surface area contributed by atoms with Gasteiger partial charge in [-0.25, -0.2) is 0 Å². The molecule has 2 aromatic rings. The molecule has 1 N–H and O–H groups in total. The van der Waals surface area contributed by atoms with Crippen LogP contribution in [0.2, 0.25) is 0 Å². The Balaban J connectivity index is 2.30. The number of para-hydroxylation sites is 1. The molecule has 2 atom stereocenters. The smallest absolute Gasteiger partial charge is 0.134 e. The summed E-state index contributed by atoms with van der Waals surface area (Å²) in [5.41, 5.74) is 2.26. The van der Waals surface area contributed by atoms with Crippen molar-refractivity contribution in [2.24, 2.45) is 5.92 Å². The molecule has 0 radical (unpaired) electrons. The molecule has 2 unspecified atom stereocenters. The van der Waals surface area contributed by atoms with Gasteiger partial charge in [-0.15, -0.1) is 0 Å². The number of benzene rings is 1. The van der Waals surface area contributed by atoms with Crippen molar-refractivity contribution in [3.05, 3.63) is 36.1 Å². The van der Waals surface area contributed by atoms with E-state index in [1.807, 2.05) is 25.4 Å². The lowest BCUT2D eigenvalue weighted by Crippen LogP contribution is -2.18. The van der Waals surface area contributed by atoms with Crippen LogP contribution in [0.25, 0.3) is 11.0 Å². The Bertz CT molecular complexity index is 474. The molecule has 1 heterocycles. The highest BCUT2D eigenvalue weighted by Gasteiger charge is 2.17. The molecule has 2 heteroatoms. The Hall–Kier alpha value is -1.28. The minimum Gasteiger partial charge on any atom is -0.464 e. The van der Waals surface area contributed by atoms with Gasteiger partial charge in [0.05, 0.1) is 6.26 Å². The number of fused-ring (bicyclic) bond motifs is 1. The summed E-state index contributed by atoms with van der Waals surface area (Å²) in [5.74, 6) is 0.723. The average molecular weight is 231 g/mol. The fraction of sp³-hybridized carbons (Fsp3) is 0.467. The normalized spacial score (nSPS) is 15.0. The van der Waals surface area contributed by atoms with E-state index < -0.39 is 0 Å². The van der Waals surface area contributed by atoms with Crippen LogP contribution in [-0.2, 0) is 0 Å². The Labute approximate surface area is 103 Å². The summed E-state index contributed by atoms with van der Waals surface area (Å²) >= 11 is 0. The molecule has 0 bridgehead atoms. The third kappa shape index (κ3) is 2.52.